The monoisotopic (exact) mass is 316 g/mol. The summed E-state index contributed by atoms with van der Waals surface area (Å²) in [6, 6.07) is 7.27. The lowest BCUT2D eigenvalue weighted by molar-refractivity contribution is 0.580. The van der Waals surface area contributed by atoms with Crippen molar-refractivity contribution < 1.29 is 8.42 Å². The minimum Gasteiger partial charge on any atom is -0.310 e. The highest BCUT2D eigenvalue weighted by molar-refractivity contribution is 7.99. The Morgan fingerprint density at radius 3 is 2.30 bits per heavy atom. The van der Waals surface area contributed by atoms with E-state index in [-0.39, 0.29) is 11.3 Å². The van der Waals surface area contributed by atoms with Crippen LogP contribution in [0.15, 0.2) is 29.2 Å². The summed E-state index contributed by atoms with van der Waals surface area (Å²) in [5.41, 5.74) is 1.09. The molecule has 0 spiro atoms. The van der Waals surface area contributed by atoms with Crippen LogP contribution in [0, 0.1) is 0 Å². The smallest absolute Gasteiger partial charge is 0.240 e. The highest BCUT2D eigenvalue weighted by Crippen LogP contribution is 2.16. The molecule has 0 amide bonds. The molecule has 4 nitrogen and oxygen atoms in total. The van der Waals surface area contributed by atoms with Crippen LogP contribution in [-0.4, -0.2) is 33.0 Å². The quantitative estimate of drug-likeness (QED) is 0.773. The van der Waals surface area contributed by atoms with Crippen molar-refractivity contribution in [1.29, 1.82) is 0 Å². The van der Waals surface area contributed by atoms with E-state index in [1.54, 1.807) is 23.9 Å². The van der Waals surface area contributed by atoms with Crippen molar-refractivity contribution in [2.45, 2.75) is 37.0 Å². The molecule has 0 aromatic heterocycles. The Hall–Kier alpha value is -0.560. The van der Waals surface area contributed by atoms with Gasteiger partial charge >= 0.3 is 0 Å². The Labute approximate surface area is 126 Å². The minimum absolute atomic E-state index is 0.223. The first-order chi connectivity index (χ1) is 9.40. The lowest BCUT2D eigenvalue weighted by Gasteiger charge is -2.14. The fraction of sp³-hybridized carbons (Fsp3) is 0.571. The topological polar surface area (TPSA) is 58.2 Å². The van der Waals surface area contributed by atoms with Gasteiger partial charge in [-0.25, -0.2) is 13.1 Å². The third-order valence-corrected chi connectivity index (χ3v) is 5.57. The molecule has 114 valence electrons. The molecule has 0 bridgehead atoms. The average Bonchev–Trinajstić information content (AvgIpc) is 2.45. The molecule has 2 atom stereocenters. The molecular formula is C14H24N2O2S2. The SMILES string of the molecule is CCNC(C)c1ccc(S(=O)(=O)NCC(C)SC)cc1. The van der Waals surface area contributed by atoms with E-state index in [2.05, 4.69) is 17.0 Å². The molecule has 0 saturated carbocycles. The van der Waals surface area contributed by atoms with Crippen LogP contribution in [0.5, 0.6) is 0 Å². The molecule has 1 aromatic rings. The molecule has 2 unspecified atom stereocenters. The average molecular weight is 316 g/mol. The van der Waals surface area contributed by atoms with E-state index in [4.69, 9.17) is 0 Å². The number of rotatable bonds is 8. The number of benzene rings is 1. The second kappa shape index (κ2) is 8.02. The van der Waals surface area contributed by atoms with E-state index in [0.29, 0.717) is 11.4 Å². The van der Waals surface area contributed by atoms with Crippen LogP contribution in [0.25, 0.3) is 0 Å². The molecule has 1 aromatic carbocycles. The molecule has 0 saturated heterocycles. The summed E-state index contributed by atoms with van der Waals surface area (Å²) >= 11 is 1.64. The van der Waals surface area contributed by atoms with Gasteiger partial charge in [0.1, 0.15) is 0 Å². The molecule has 20 heavy (non-hydrogen) atoms. The molecule has 0 aliphatic carbocycles. The molecular weight excluding hydrogens is 292 g/mol. The van der Waals surface area contributed by atoms with Crippen molar-refractivity contribution in [3.05, 3.63) is 29.8 Å². The van der Waals surface area contributed by atoms with Crippen LogP contribution in [0.3, 0.4) is 0 Å². The molecule has 1 rings (SSSR count). The summed E-state index contributed by atoms with van der Waals surface area (Å²) < 4.78 is 26.9. The zero-order chi connectivity index (χ0) is 15.2. The fourth-order valence-electron chi connectivity index (χ4n) is 1.75. The highest BCUT2D eigenvalue weighted by Gasteiger charge is 2.15. The largest absolute Gasteiger partial charge is 0.310 e. The normalized spacial score (nSPS) is 15.0. The Kier molecular flexibility index (Phi) is 7.02. The summed E-state index contributed by atoms with van der Waals surface area (Å²) in [4.78, 5) is 0.318. The summed E-state index contributed by atoms with van der Waals surface area (Å²) in [6.45, 7) is 7.43. The van der Waals surface area contributed by atoms with Crippen LogP contribution in [0.2, 0.25) is 0 Å². The Morgan fingerprint density at radius 1 is 1.20 bits per heavy atom. The molecule has 0 radical (unpaired) electrons. The van der Waals surface area contributed by atoms with E-state index >= 15 is 0 Å². The van der Waals surface area contributed by atoms with Crippen molar-refractivity contribution in [2.24, 2.45) is 0 Å². The minimum atomic E-state index is -3.40. The third kappa shape index (κ3) is 5.09. The number of thioether (sulfide) groups is 1. The van der Waals surface area contributed by atoms with Gasteiger partial charge in [-0.15, -0.1) is 0 Å². The molecule has 2 N–H and O–H groups in total. The van der Waals surface area contributed by atoms with Gasteiger partial charge in [-0.05, 0) is 37.4 Å². The molecule has 0 aliphatic heterocycles. The molecule has 0 heterocycles. The zero-order valence-electron chi connectivity index (χ0n) is 12.5. The Bertz CT molecular complexity index is 500. The molecule has 0 aliphatic rings. The maximum atomic E-state index is 12.1. The van der Waals surface area contributed by atoms with Gasteiger partial charge in [0.05, 0.1) is 4.90 Å². The summed E-state index contributed by atoms with van der Waals surface area (Å²) in [5, 5.41) is 3.56. The van der Waals surface area contributed by atoms with Crippen LogP contribution >= 0.6 is 11.8 Å². The highest BCUT2D eigenvalue weighted by atomic mass is 32.2. The molecule has 0 fully saturated rings. The first-order valence-corrected chi connectivity index (χ1v) is 9.53. The van der Waals surface area contributed by atoms with Gasteiger partial charge in [-0.1, -0.05) is 26.0 Å². The van der Waals surface area contributed by atoms with Crippen molar-refractivity contribution >= 4 is 21.8 Å². The predicted octanol–water partition coefficient (Wildman–Crippen LogP) is 2.39. The second-order valence-electron chi connectivity index (χ2n) is 4.75. The van der Waals surface area contributed by atoms with Crippen molar-refractivity contribution in [1.82, 2.24) is 10.0 Å². The van der Waals surface area contributed by atoms with Gasteiger partial charge in [0.15, 0.2) is 0 Å². The van der Waals surface area contributed by atoms with Crippen LogP contribution < -0.4 is 10.0 Å². The standard InChI is InChI=1S/C14H24N2O2S2/c1-5-15-12(3)13-6-8-14(9-7-13)20(17,18)16-10-11(2)19-4/h6-9,11-12,15-16H,5,10H2,1-4H3. The van der Waals surface area contributed by atoms with Crippen LogP contribution in [0.1, 0.15) is 32.4 Å². The van der Waals surface area contributed by atoms with Crippen molar-refractivity contribution in [3.8, 4) is 0 Å². The summed E-state index contributed by atoms with van der Waals surface area (Å²) in [7, 11) is -3.40. The zero-order valence-corrected chi connectivity index (χ0v) is 14.1. The fourth-order valence-corrected chi connectivity index (χ4v) is 3.24. The molecule has 6 heteroatoms. The maximum absolute atomic E-state index is 12.1. The van der Waals surface area contributed by atoms with E-state index in [9.17, 15) is 8.42 Å². The van der Waals surface area contributed by atoms with E-state index in [1.807, 2.05) is 32.2 Å². The van der Waals surface area contributed by atoms with Crippen molar-refractivity contribution in [3.63, 3.8) is 0 Å². The van der Waals surface area contributed by atoms with Crippen LogP contribution in [-0.2, 0) is 10.0 Å². The summed E-state index contributed by atoms with van der Waals surface area (Å²) in [5.74, 6) is 0. The Morgan fingerprint density at radius 2 is 1.80 bits per heavy atom. The lowest BCUT2D eigenvalue weighted by atomic mass is 10.1. The van der Waals surface area contributed by atoms with Gasteiger partial charge in [-0.2, -0.15) is 11.8 Å². The number of nitrogens with one attached hydrogen (secondary N) is 2. The lowest BCUT2D eigenvalue weighted by Crippen LogP contribution is -2.29. The third-order valence-electron chi connectivity index (χ3n) is 3.16. The predicted molar refractivity (Wildman–Crippen MR) is 86.7 cm³/mol. The second-order valence-corrected chi connectivity index (χ2v) is 7.79. The number of hydrogen-bond donors (Lipinski definition) is 2. The Balaban J connectivity index is 2.76. The van der Waals surface area contributed by atoms with Gasteiger partial charge in [0.25, 0.3) is 0 Å². The van der Waals surface area contributed by atoms with Gasteiger partial charge in [0, 0.05) is 17.8 Å². The van der Waals surface area contributed by atoms with E-state index in [1.165, 1.54) is 0 Å². The maximum Gasteiger partial charge on any atom is 0.240 e. The number of hydrogen-bond acceptors (Lipinski definition) is 4. The first-order valence-electron chi connectivity index (χ1n) is 6.76. The number of sulfonamides is 1. The van der Waals surface area contributed by atoms with E-state index < -0.39 is 10.0 Å². The van der Waals surface area contributed by atoms with Crippen molar-refractivity contribution in [2.75, 3.05) is 19.3 Å². The van der Waals surface area contributed by atoms with Gasteiger partial charge in [0.2, 0.25) is 10.0 Å². The van der Waals surface area contributed by atoms with Gasteiger partial charge < -0.3 is 5.32 Å². The first kappa shape index (κ1) is 17.5. The van der Waals surface area contributed by atoms with Crippen LogP contribution in [0.4, 0.5) is 0 Å². The summed E-state index contributed by atoms with van der Waals surface area (Å²) in [6.07, 6.45) is 1.97. The van der Waals surface area contributed by atoms with E-state index in [0.717, 1.165) is 12.1 Å². The van der Waals surface area contributed by atoms with Gasteiger partial charge in [-0.3, -0.25) is 0 Å².